The predicted octanol–water partition coefficient (Wildman–Crippen LogP) is 3.89. The molecule has 0 radical (unpaired) electrons. The summed E-state index contributed by atoms with van der Waals surface area (Å²) in [7, 11) is 2.07. The van der Waals surface area contributed by atoms with Crippen molar-refractivity contribution in [3.63, 3.8) is 0 Å². The third-order valence-corrected chi connectivity index (χ3v) is 6.09. The Morgan fingerprint density at radius 1 is 1.06 bits per heavy atom. The van der Waals surface area contributed by atoms with E-state index in [1.165, 1.54) is 0 Å². The molecule has 4 aromatic rings. The second-order valence-corrected chi connectivity index (χ2v) is 8.74. The van der Waals surface area contributed by atoms with Gasteiger partial charge in [0.1, 0.15) is 11.4 Å². The van der Waals surface area contributed by atoms with Crippen molar-refractivity contribution in [3.05, 3.63) is 60.6 Å². The fraction of sp³-hybridized carbons (Fsp3) is 0.308. The van der Waals surface area contributed by atoms with Crippen molar-refractivity contribution in [3.8, 4) is 17.1 Å². The fourth-order valence-corrected chi connectivity index (χ4v) is 4.08. The van der Waals surface area contributed by atoms with Gasteiger partial charge in [-0.05, 0) is 43.4 Å². The van der Waals surface area contributed by atoms with E-state index in [1.54, 1.807) is 30.6 Å². The number of H-pyrrole nitrogens is 1. The first-order valence-corrected chi connectivity index (χ1v) is 11.9. The lowest BCUT2D eigenvalue weighted by Crippen LogP contribution is -2.47. The Hall–Kier alpha value is -4.05. The summed E-state index contributed by atoms with van der Waals surface area (Å²) in [5.41, 5.74) is 3.54. The second-order valence-electron chi connectivity index (χ2n) is 8.74. The predicted molar refractivity (Wildman–Crippen MR) is 136 cm³/mol. The van der Waals surface area contributed by atoms with E-state index >= 15 is 0 Å². The number of aromatic amines is 1. The van der Waals surface area contributed by atoms with Gasteiger partial charge in [0.2, 0.25) is 5.95 Å². The number of hydrogen-bond acceptors (Lipinski definition) is 7. The zero-order valence-electron chi connectivity index (χ0n) is 20.1. The molecule has 1 fully saturated rings. The quantitative estimate of drug-likeness (QED) is 0.362. The summed E-state index contributed by atoms with van der Waals surface area (Å²) in [6, 6.07) is 13.0. The van der Waals surface area contributed by atoms with Crippen molar-refractivity contribution < 1.29 is 13.9 Å². The van der Waals surface area contributed by atoms with Gasteiger partial charge < -0.3 is 24.8 Å². The Labute approximate surface area is 208 Å². The average molecular weight is 490 g/mol. The highest BCUT2D eigenvalue weighted by molar-refractivity contribution is 5.98. The number of halogens is 1. The zero-order valence-corrected chi connectivity index (χ0v) is 20.1. The van der Waals surface area contributed by atoms with Crippen molar-refractivity contribution in [2.24, 2.45) is 0 Å². The standard InChI is InChI=1S/C26H28FN7O2/c1-33-10-12-34(13-11-33)25(35)24-16-18-15-19(3-4-21(18)31-24)30-26-29-9-6-22(32-26)23-17-20(5-8-28-23)36-14-2-7-27/h3-6,8-9,15-17,31H,2,7,10-14H2,1H3,(H,29,30,32). The number of aromatic nitrogens is 4. The minimum absolute atomic E-state index is 0.0215. The van der Waals surface area contributed by atoms with Gasteiger partial charge in [-0.2, -0.15) is 0 Å². The average Bonchev–Trinajstić information content (AvgIpc) is 3.33. The molecule has 36 heavy (non-hydrogen) atoms. The number of rotatable bonds is 8. The van der Waals surface area contributed by atoms with Crippen LogP contribution in [-0.2, 0) is 0 Å². The SMILES string of the molecule is CN1CCN(C(=O)c2cc3cc(Nc4nccc(-c5cc(OCCCF)ccn5)n4)ccc3[nH]2)CC1. The highest BCUT2D eigenvalue weighted by Crippen LogP contribution is 2.25. The number of nitrogens with one attached hydrogen (secondary N) is 2. The summed E-state index contributed by atoms with van der Waals surface area (Å²) in [4.78, 5) is 33.6. The molecule has 186 valence electrons. The molecule has 0 bridgehead atoms. The molecule has 5 rings (SSSR count). The number of anilines is 2. The minimum atomic E-state index is -0.415. The molecule has 1 saturated heterocycles. The normalized spacial score (nSPS) is 14.2. The van der Waals surface area contributed by atoms with E-state index in [0.717, 1.165) is 42.8 Å². The van der Waals surface area contributed by atoms with Crippen LogP contribution in [0.15, 0.2) is 54.9 Å². The molecule has 10 heteroatoms. The number of ether oxygens (including phenoxy) is 1. The molecule has 9 nitrogen and oxygen atoms in total. The van der Waals surface area contributed by atoms with Gasteiger partial charge in [0, 0.05) is 67.7 Å². The monoisotopic (exact) mass is 489 g/mol. The first-order valence-electron chi connectivity index (χ1n) is 11.9. The number of alkyl halides is 1. The number of piperazine rings is 1. The van der Waals surface area contributed by atoms with Crippen LogP contribution in [0.3, 0.4) is 0 Å². The van der Waals surface area contributed by atoms with Gasteiger partial charge in [0.15, 0.2) is 0 Å². The van der Waals surface area contributed by atoms with Crippen LogP contribution in [0, 0.1) is 0 Å². The largest absolute Gasteiger partial charge is 0.493 e. The lowest BCUT2D eigenvalue weighted by Gasteiger charge is -2.32. The molecule has 0 saturated carbocycles. The maximum atomic E-state index is 12.9. The van der Waals surface area contributed by atoms with Crippen molar-refractivity contribution in [2.75, 3.05) is 51.8 Å². The van der Waals surface area contributed by atoms with E-state index in [0.29, 0.717) is 41.8 Å². The zero-order chi connectivity index (χ0) is 24.9. The van der Waals surface area contributed by atoms with E-state index in [1.807, 2.05) is 29.2 Å². The van der Waals surface area contributed by atoms with Crippen molar-refractivity contribution in [1.29, 1.82) is 0 Å². The number of benzene rings is 1. The molecule has 1 aliphatic rings. The molecular weight excluding hydrogens is 461 g/mol. The Morgan fingerprint density at radius 2 is 1.89 bits per heavy atom. The molecule has 0 aliphatic carbocycles. The molecule has 1 aliphatic heterocycles. The van der Waals surface area contributed by atoms with Crippen LogP contribution < -0.4 is 10.1 Å². The van der Waals surface area contributed by atoms with Crippen LogP contribution in [0.1, 0.15) is 16.9 Å². The summed E-state index contributed by atoms with van der Waals surface area (Å²) in [5.74, 6) is 1.05. The van der Waals surface area contributed by atoms with E-state index < -0.39 is 6.67 Å². The topological polar surface area (TPSA) is 99.3 Å². The van der Waals surface area contributed by atoms with Gasteiger partial charge in [-0.25, -0.2) is 9.97 Å². The highest BCUT2D eigenvalue weighted by atomic mass is 19.1. The molecule has 4 heterocycles. The highest BCUT2D eigenvalue weighted by Gasteiger charge is 2.21. The van der Waals surface area contributed by atoms with Crippen molar-refractivity contribution in [2.45, 2.75) is 6.42 Å². The maximum Gasteiger partial charge on any atom is 0.270 e. The van der Waals surface area contributed by atoms with E-state index in [2.05, 4.69) is 37.2 Å². The first kappa shape index (κ1) is 23.7. The van der Waals surface area contributed by atoms with Crippen LogP contribution in [0.5, 0.6) is 5.75 Å². The number of carbonyl (C=O) groups excluding carboxylic acids is 1. The molecule has 1 amide bonds. The number of fused-ring (bicyclic) bond motifs is 1. The van der Waals surface area contributed by atoms with Crippen molar-refractivity contribution >= 4 is 28.4 Å². The number of hydrogen-bond donors (Lipinski definition) is 2. The van der Waals surface area contributed by atoms with Crippen LogP contribution in [0.25, 0.3) is 22.3 Å². The molecular formula is C26H28FN7O2. The molecule has 2 N–H and O–H groups in total. The van der Waals surface area contributed by atoms with Gasteiger partial charge >= 0.3 is 0 Å². The van der Waals surface area contributed by atoms with Crippen molar-refractivity contribution in [1.82, 2.24) is 29.7 Å². The van der Waals surface area contributed by atoms with Gasteiger partial charge in [-0.15, -0.1) is 0 Å². The second kappa shape index (κ2) is 10.7. The van der Waals surface area contributed by atoms with Crippen LogP contribution in [-0.4, -0.2) is 82.2 Å². The first-order chi connectivity index (χ1) is 17.6. The Bertz CT molecular complexity index is 1350. The number of pyridine rings is 1. The smallest absolute Gasteiger partial charge is 0.270 e. The summed E-state index contributed by atoms with van der Waals surface area (Å²) in [6.45, 7) is 3.11. The van der Waals surface area contributed by atoms with E-state index in [4.69, 9.17) is 4.74 Å². The van der Waals surface area contributed by atoms with Crippen LogP contribution in [0.2, 0.25) is 0 Å². The Balaban J connectivity index is 1.30. The van der Waals surface area contributed by atoms with Gasteiger partial charge in [-0.1, -0.05) is 0 Å². The fourth-order valence-electron chi connectivity index (χ4n) is 4.08. The van der Waals surface area contributed by atoms with Gasteiger partial charge in [-0.3, -0.25) is 14.2 Å². The number of nitrogens with zero attached hydrogens (tertiary/aromatic N) is 5. The third kappa shape index (κ3) is 5.44. The van der Waals surface area contributed by atoms with Gasteiger partial charge in [0.25, 0.3) is 5.91 Å². The Morgan fingerprint density at radius 3 is 2.72 bits per heavy atom. The van der Waals surface area contributed by atoms with Crippen LogP contribution in [0.4, 0.5) is 16.0 Å². The molecule has 1 aromatic carbocycles. The number of likely N-dealkylation sites (N-methyl/N-ethyl adjacent to an activating group) is 1. The maximum absolute atomic E-state index is 12.9. The summed E-state index contributed by atoms with van der Waals surface area (Å²) >= 11 is 0. The summed E-state index contributed by atoms with van der Waals surface area (Å²) in [6.07, 6.45) is 3.64. The molecule has 0 unspecified atom stereocenters. The van der Waals surface area contributed by atoms with E-state index in [-0.39, 0.29) is 5.91 Å². The Kier molecular flexibility index (Phi) is 7.03. The molecule has 0 atom stereocenters. The summed E-state index contributed by atoms with van der Waals surface area (Å²) in [5, 5.41) is 4.16. The van der Waals surface area contributed by atoms with Gasteiger partial charge in [0.05, 0.1) is 24.7 Å². The third-order valence-electron chi connectivity index (χ3n) is 6.09. The summed E-state index contributed by atoms with van der Waals surface area (Å²) < 4.78 is 17.9. The van der Waals surface area contributed by atoms with E-state index in [9.17, 15) is 9.18 Å². The number of amides is 1. The lowest BCUT2D eigenvalue weighted by atomic mass is 10.2. The number of carbonyl (C=O) groups is 1. The minimum Gasteiger partial charge on any atom is -0.493 e. The molecule has 0 spiro atoms. The lowest BCUT2D eigenvalue weighted by molar-refractivity contribution is 0.0659. The molecule has 3 aromatic heterocycles. The van der Waals surface area contributed by atoms with Crippen LogP contribution >= 0.6 is 0 Å².